The van der Waals surface area contributed by atoms with E-state index in [2.05, 4.69) is 15.9 Å². The molecular weight excluding hydrogens is 244 g/mol. The van der Waals surface area contributed by atoms with E-state index in [9.17, 15) is 13.6 Å². The summed E-state index contributed by atoms with van der Waals surface area (Å²) in [5, 5.41) is 0. The minimum atomic E-state index is -0.954. The van der Waals surface area contributed by atoms with Crippen LogP contribution in [0.15, 0.2) is 10.5 Å². The third-order valence-electron chi connectivity index (χ3n) is 1.54. The third-order valence-corrected chi connectivity index (χ3v) is 2.27. The van der Waals surface area contributed by atoms with Gasteiger partial charge >= 0.3 is 0 Å². The van der Waals surface area contributed by atoms with Crippen LogP contribution < -0.4 is 5.73 Å². The van der Waals surface area contributed by atoms with E-state index in [1.807, 2.05) is 0 Å². The molecule has 0 atom stereocenters. The van der Waals surface area contributed by atoms with Crippen molar-refractivity contribution in [3.8, 4) is 0 Å². The summed E-state index contributed by atoms with van der Waals surface area (Å²) >= 11 is 2.67. The summed E-state index contributed by atoms with van der Waals surface area (Å²) in [4.78, 5) is 10.9. The third kappa shape index (κ3) is 1.70. The summed E-state index contributed by atoms with van der Waals surface area (Å²) in [6, 6.07) is 0.907. The quantitative estimate of drug-likeness (QED) is 0.472. The zero-order valence-electron chi connectivity index (χ0n) is 6.70. The van der Waals surface area contributed by atoms with E-state index in [4.69, 9.17) is 5.73 Å². The summed E-state index contributed by atoms with van der Waals surface area (Å²) in [6.07, 6.45) is 0. The standard InChI is InChI=1S/C8H6BrF2NO/c1-3(13)6-5(12)2-4(10)7(9)8(6)11/h2H,12H2,1H3. The number of nitrogens with two attached hydrogens (primary N) is 1. The lowest BCUT2D eigenvalue weighted by Crippen LogP contribution is -2.05. The molecule has 1 aromatic rings. The topological polar surface area (TPSA) is 43.1 Å². The van der Waals surface area contributed by atoms with Gasteiger partial charge in [-0.15, -0.1) is 0 Å². The van der Waals surface area contributed by atoms with Crippen molar-refractivity contribution in [1.29, 1.82) is 0 Å². The molecule has 0 amide bonds. The van der Waals surface area contributed by atoms with Crippen molar-refractivity contribution in [2.24, 2.45) is 0 Å². The van der Waals surface area contributed by atoms with E-state index in [1.165, 1.54) is 6.92 Å². The van der Waals surface area contributed by atoms with Crippen LogP contribution in [0.2, 0.25) is 0 Å². The van der Waals surface area contributed by atoms with Gasteiger partial charge in [0.2, 0.25) is 0 Å². The first-order valence-electron chi connectivity index (χ1n) is 3.39. The molecule has 1 rings (SSSR count). The van der Waals surface area contributed by atoms with Crippen LogP contribution in [0.4, 0.5) is 14.5 Å². The Hall–Kier alpha value is -0.970. The molecule has 13 heavy (non-hydrogen) atoms. The maximum Gasteiger partial charge on any atom is 0.164 e. The normalized spacial score (nSPS) is 10.2. The number of nitrogen functional groups attached to an aromatic ring is 1. The highest BCUT2D eigenvalue weighted by molar-refractivity contribution is 9.10. The number of benzene rings is 1. The average Bonchev–Trinajstić information content (AvgIpc) is 1.99. The first-order chi connectivity index (χ1) is 5.95. The first kappa shape index (κ1) is 10.1. The molecule has 2 N–H and O–H groups in total. The van der Waals surface area contributed by atoms with E-state index in [1.54, 1.807) is 0 Å². The second-order valence-corrected chi connectivity index (χ2v) is 3.30. The summed E-state index contributed by atoms with van der Waals surface area (Å²) < 4.78 is 25.6. The van der Waals surface area contributed by atoms with Gasteiger partial charge in [0.05, 0.1) is 10.0 Å². The summed E-state index contributed by atoms with van der Waals surface area (Å²) in [5.74, 6) is -2.30. The minimum Gasteiger partial charge on any atom is -0.398 e. The lowest BCUT2D eigenvalue weighted by atomic mass is 10.1. The molecule has 0 radical (unpaired) electrons. The summed E-state index contributed by atoms with van der Waals surface area (Å²) in [5.41, 5.74) is 4.80. The highest BCUT2D eigenvalue weighted by Crippen LogP contribution is 2.27. The van der Waals surface area contributed by atoms with Crippen LogP contribution in [0.1, 0.15) is 17.3 Å². The van der Waals surface area contributed by atoms with E-state index in [0.29, 0.717) is 0 Å². The first-order valence-corrected chi connectivity index (χ1v) is 4.18. The Bertz CT molecular complexity index is 379. The fourth-order valence-electron chi connectivity index (χ4n) is 0.971. The number of ketones is 1. The Morgan fingerprint density at radius 2 is 2.08 bits per heavy atom. The molecular formula is C8H6BrF2NO. The minimum absolute atomic E-state index is 0.189. The highest BCUT2D eigenvalue weighted by atomic mass is 79.9. The van der Waals surface area contributed by atoms with Gasteiger partial charge in [-0.2, -0.15) is 0 Å². The van der Waals surface area contributed by atoms with Crippen LogP contribution in [-0.2, 0) is 0 Å². The zero-order chi connectivity index (χ0) is 10.2. The Kier molecular flexibility index (Phi) is 2.66. The van der Waals surface area contributed by atoms with Crippen LogP contribution in [0.25, 0.3) is 0 Å². The summed E-state index contributed by atoms with van der Waals surface area (Å²) in [6.45, 7) is 1.17. The number of anilines is 1. The van der Waals surface area contributed by atoms with Crippen LogP contribution in [0, 0.1) is 11.6 Å². The van der Waals surface area contributed by atoms with E-state index >= 15 is 0 Å². The number of halogens is 3. The number of rotatable bonds is 1. The van der Waals surface area contributed by atoms with Crippen LogP contribution in [0.5, 0.6) is 0 Å². The molecule has 0 aliphatic carbocycles. The molecule has 0 aliphatic rings. The smallest absolute Gasteiger partial charge is 0.164 e. The second-order valence-electron chi connectivity index (χ2n) is 2.51. The second kappa shape index (κ2) is 3.41. The van der Waals surface area contributed by atoms with Gasteiger partial charge in [-0.05, 0) is 28.9 Å². The molecule has 0 unspecified atom stereocenters. The molecule has 0 heterocycles. The largest absolute Gasteiger partial charge is 0.398 e. The monoisotopic (exact) mass is 249 g/mol. The number of hydrogen-bond acceptors (Lipinski definition) is 2. The van der Waals surface area contributed by atoms with Crippen LogP contribution in [0.3, 0.4) is 0 Å². The molecule has 0 spiro atoms. The lowest BCUT2D eigenvalue weighted by Gasteiger charge is -2.05. The zero-order valence-corrected chi connectivity index (χ0v) is 8.28. The summed E-state index contributed by atoms with van der Waals surface area (Å²) in [7, 11) is 0. The van der Waals surface area contributed by atoms with Gasteiger partial charge in [0, 0.05) is 5.69 Å². The molecule has 0 aliphatic heterocycles. The number of hydrogen-bond donors (Lipinski definition) is 1. The van der Waals surface area contributed by atoms with Crippen molar-refractivity contribution in [2.45, 2.75) is 6.92 Å². The molecule has 0 bridgehead atoms. The van der Waals surface area contributed by atoms with Crippen LogP contribution in [-0.4, -0.2) is 5.78 Å². The van der Waals surface area contributed by atoms with Crippen molar-refractivity contribution < 1.29 is 13.6 Å². The van der Waals surface area contributed by atoms with E-state index in [0.717, 1.165) is 6.07 Å². The molecule has 1 aromatic carbocycles. The Labute approximate surface area is 81.9 Å². The molecule has 0 saturated carbocycles. The van der Waals surface area contributed by atoms with Gasteiger partial charge in [-0.1, -0.05) is 0 Å². The highest BCUT2D eigenvalue weighted by Gasteiger charge is 2.17. The van der Waals surface area contributed by atoms with Crippen molar-refractivity contribution in [1.82, 2.24) is 0 Å². The predicted molar refractivity (Wildman–Crippen MR) is 48.5 cm³/mol. The fraction of sp³-hybridized carbons (Fsp3) is 0.125. The van der Waals surface area contributed by atoms with Gasteiger partial charge in [0.15, 0.2) is 11.6 Å². The van der Waals surface area contributed by atoms with Gasteiger partial charge in [0.25, 0.3) is 0 Å². The number of carbonyl (C=O) groups is 1. The number of Topliss-reactive ketones (excluding diaryl/α,β-unsaturated/α-hetero) is 1. The van der Waals surface area contributed by atoms with Crippen molar-refractivity contribution in [3.63, 3.8) is 0 Å². The maximum absolute atomic E-state index is 13.2. The van der Waals surface area contributed by atoms with Crippen molar-refractivity contribution in [2.75, 3.05) is 5.73 Å². The van der Waals surface area contributed by atoms with Crippen molar-refractivity contribution in [3.05, 3.63) is 27.7 Å². The molecule has 0 aromatic heterocycles. The molecule has 5 heteroatoms. The van der Waals surface area contributed by atoms with Gasteiger partial charge in [0.1, 0.15) is 5.82 Å². The van der Waals surface area contributed by atoms with Gasteiger partial charge < -0.3 is 5.73 Å². The van der Waals surface area contributed by atoms with Crippen molar-refractivity contribution >= 4 is 27.4 Å². The molecule has 0 fully saturated rings. The number of carbonyl (C=O) groups excluding carboxylic acids is 1. The Morgan fingerprint density at radius 3 is 2.54 bits per heavy atom. The van der Waals surface area contributed by atoms with Crippen LogP contribution >= 0.6 is 15.9 Å². The lowest BCUT2D eigenvalue weighted by molar-refractivity contribution is 0.101. The Morgan fingerprint density at radius 1 is 1.54 bits per heavy atom. The van der Waals surface area contributed by atoms with Gasteiger partial charge in [-0.25, -0.2) is 8.78 Å². The molecule has 70 valence electrons. The SMILES string of the molecule is CC(=O)c1c(N)cc(F)c(Br)c1F. The predicted octanol–water partition coefficient (Wildman–Crippen LogP) is 2.51. The van der Waals surface area contributed by atoms with Gasteiger partial charge in [-0.3, -0.25) is 4.79 Å². The van der Waals surface area contributed by atoms with E-state index in [-0.39, 0.29) is 15.7 Å². The Balaban J connectivity index is 3.53. The molecule has 0 saturated heterocycles. The maximum atomic E-state index is 13.2. The molecule has 2 nitrogen and oxygen atoms in total. The average molecular weight is 250 g/mol. The van der Waals surface area contributed by atoms with E-state index < -0.39 is 17.4 Å². The fourth-order valence-corrected chi connectivity index (χ4v) is 1.28.